The third-order valence-electron chi connectivity index (χ3n) is 9.99. The zero-order valence-electron chi connectivity index (χ0n) is 32.0. The minimum atomic E-state index is -0.344. The molecule has 4 aromatic carbocycles. The van der Waals surface area contributed by atoms with Crippen molar-refractivity contribution in [2.75, 3.05) is 19.6 Å². The fourth-order valence-corrected chi connectivity index (χ4v) is 7.55. The number of hydrogen-bond acceptors (Lipinski definition) is 8. The van der Waals surface area contributed by atoms with E-state index in [1.54, 1.807) is 24.3 Å². The predicted octanol–water partition coefficient (Wildman–Crippen LogP) is 5.51. The maximum atomic E-state index is 12.1. The van der Waals surface area contributed by atoms with Crippen LogP contribution in [0.15, 0.2) is 121 Å². The maximum Gasteiger partial charge on any atom is 0.258 e. The van der Waals surface area contributed by atoms with E-state index in [2.05, 4.69) is 0 Å². The molecule has 58 heavy (non-hydrogen) atoms. The molecule has 4 heterocycles. The predicted molar refractivity (Wildman–Crippen MR) is 217 cm³/mol. The molecule has 0 aromatic heterocycles. The van der Waals surface area contributed by atoms with Crippen LogP contribution in [-0.4, -0.2) is 47.3 Å². The molecule has 0 unspecified atom stereocenters. The highest BCUT2D eigenvalue weighted by Gasteiger charge is 2.30. The highest BCUT2D eigenvalue weighted by atomic mass is 16.2. The lowest BCUT2D eigenvalue weighted by atomic mass is 9.95. The average molecular weight is 773 g/mol. The van der Waals surface area contributed by atoms with Gasteiger partial charge >= 0.3 is 0 Å². The normalized spacial score (nSPS) is 15.9. The first-order valence-electron chi connectivity index (χ1n) is 18.3. The van der Waals surface area contributed by atoms with Gasteiger partial charge in [0.1, 0.15) is 0 Å². The summed E-state index contributed by atoms with van der Waals surface area (Å²) in [5.41, 5.74) is 9.85. The molecule has 4 aliphatic heterocycles. The molecule has 0 atom stereocenters. The molecule has 288 valence electrons. The molecule has 8 rings (SSSR count). The maximum absolute atomic E-state index is 12.1. The van der Waals surface area contributed by atoms with E-state index in [-0.39, 0.29) is 47.3 Å². The number of hydrogen-bond donors (Lipinski definition) is 0. The molecule has 4 aromatic rings. The van der Waals surface area contributed by atoms with Gasteiger partial charge in [-0.2, -0.15) is 0 Å². The Morgan fingerprint density at radius 2 is 0.534 bits per heavy atom. The van der Waals surface area contributed by atoms with Gasteiger partial charge in [-0.3, -0.25) is 38.4 Å². The molecule has 4 aliphatic rings. The molecule has 12 heteroatoms. The molecular formula is C46H36N4O8. The highest BCUT2D eigenvalue weighted by molar-refractivity contribution is 6.30. The van der Waals surface area contributed by atoms with Crippen molar-refractivity contribution in [3.63, 3.8) is 0 Å². The van der Waals surface area contributed by atoms with E-state index in [1.807, 2.05) is 76.2 Å². The lowest BCUT2D eigenvalue weighted by Crippen LogP contribution is -2.31. The van der Waals surface area contributed by atoms with Crippen molar-refractivity contribution in [1.29, 1.82) is 0 Å². The van der Waals surface area contributed by atoms with Crippen molar-refractivity contribution >= 4 is 70.0 Å². The van der Waals surface area contributed by atoms with Gasteiger partial charge in [0.15, 0.2) is 0 Å². The van der Waals surface area contributed by atoms with Gasteiger partial charge in [-0.15, -0.1) is 0 Å². The van der Waals surface area contributed by atoms with E-state index in [0.717, 1.165) is 54.3 Å². The zero-order valence-corrected chi connectivity index (χ0v) is 32.0. The molecule has 0 aliphatic carbocycles. The van der Waals surface area contributed by atoms with Crippen LogP contribution in [0.5, 0.6) is 0 Å². The fraction of sp³-hybridized carbons (Fsp3) is 0.130. The second-order valence-electron chi connectivity index (χ2n) is 14.2. The third-order valence-corrected chi connectivity index (χ3v) is 9.99. The molecule has 0 bridgehead atoms. The van der Waals surface area contributed by atoms with E-state index >= 15 is 0 Å². The topological polar surface area (TPSA) is 150 Å². The van der Waals surface area contributed by atoms with Crippen LogP contribution in [0.4, 0.5) is 22.7 Å². The van der Waals surface area contributed by atoms with Gasteiger partial charge in [0, 0.05) is 48.6 Å². The first-order valence-corrected chi connectivity index (χ1v) is 18.3. The molecule has 0 saturated heterocycles. The Balaban J connectivity index is 0.000000178. The van der Waals surface area contributed by atoms with Crippen LogP contribution in [0.25, 0.3) is 0 Å². The van der Waals surface area contributed by atoms with Crippen LogP contribution in [0.2, 0.25) is 0 Å². The van der Waals surface area contributed by atoms with E-state index in [1.165, 1.54) is 58.4 Å². The van der Waals surface area contributed by atoms with Crippen LogP contribution >= 0.6 is 0 Å². The molecule has 0 spiro atoms. The Hall–Kier alpha value is -7.60. The van der Waals surface area contributed by atoms with Crippen molar-refractivity contribution in [3.8, 4) is 0 Å². The standard InChI is InChI=1S/C25H22N2O4.C21H14N2O4/c1-14-9-18(10-15(2)24(14)26-20(28)5-6-21(26)29)13-19-11-16(3)25(17(4)12-19)27-22(30)7-8-23(27)31;24-18-9-10-19(25)22(18)16-5-1-14(2-6-16)13-15-3-7-17(8-4-15)23-20(26)11-12-21(23)27/h5-12H,13H2,1-4H3;1-12H,13H2. The molecule has 0 radical (unpaired) electrons. The summed E-state index contributed by atoms with van der Waals surface area (Å²) in [6, 6.07) is 22.3. The van der Waals surface area contributed by atoms with Crippen LogP contribution in [0, 0.1) is 27.7 Å². The Kier molecular flexibility index (Phi) is 10.3. The Morgan fingerprint density at radius 3 is 0.793 bits per heavy atom. The SMILES string of the molecule is Cc1cc(Cc2cc(C)c(N3C(=O)C=CC3=O)c(C)c2)cc(C)c1N1C(=O)C=CC1=O.O=C1C=CC(=O)N1c1ccc(Cc2ccc(N3C(=O)C=CC3=O)cc2)cc1. The van der Waals surface area contributed by atoms with Crippen LogP contribution in [-0.2, 0) is 51.2 Å². The minimum Gasteiger partial charge on any atom is -0.269 e. The molecule has 12 nitrogen and oxygen atoms in total. The molecule has 0 fully saturated rings. The van der Waals surface area contributed by atoms with E-state index in [9.17, 15) is 38.4 Å². The van der Waals surface area contributed by atoms with Crippen molar-refractivity contribution < 1.29 is 38.4 Å². The van der Waals surface area contributed by atoms with Crippen LogP contribution < -0.4 is 19.6 Å². The Morgan fingerprint density at radius 1 is 0.310 bits per heavy atom. The van der Waals surface area contributed by atoms with Gasteiger partial charge in [-0.1, -0.05) is 48.5 Å². The summed E-state index contributed by atoms with van der Waals surface area (Å²) in [6.45, 7) is 7.56. The Bertz CT molecular complexity index is 2320. The Labute approximate surface area is 333 Å². The molecule has 0 N–H and O–H groups in total. The average Bonchev–Trinajstić information content (AvgIpc) is 3.91. The van der Waals surface area contributed by atoms with E-state index in [4.69, 9.17) is 0 Å². The van der Waals surface area contributed by atoms with Crippen molar-refractivity contribution in [3.05, 3.63) is 166 Å². The van der Waals surface area contributed by atoms with Crippen molar-refractivity contribution in [2.24, 2.45) is 0 Å². The summed E-state index contributed by atoms with van der Waals surface area (Å²) < 4.78 is 0. The third kappa shape index (κ3) is 7.50. The largest absolute Gasteiger partial charge is 0.269 e. The molecular weight excluding hydrogens is 737 g/mol. The quantitative estimate of drug-likeness (QED) is 0.213. The first kappa shape index (κ1) is 38.7. The smallest absolute Gasteiger partial charge is 0.258 e. The number of benzene rings is 4. The highest BCUT2D eigenvalue weighted by Crippen LogP contribution is 2.33. The van der Waals surface area contributed by atoms with Crippen LogP contribution in [0.3, 0.4) is 0 Å². The summed E-state index contributed by atoms with van der Waals surface area (Å²) in [6.07, 6.45) is 11.4. The van der Waals surface area contributed by atoms with E-state index in [0.29, 0.717) is 35.6 Å². The first-order chi connectivity index (χ1) is 27.7. The van der Waals surface area contributed by atoms with Gasteiger partial charge < -0.3 is 0 Å². The van der Waals surface area contributed by atoms with Gasteiger partial charge in [0.2, 0.25) is 0 Å². The number of nitrogens with zero attached hydrogens (tertiary/aromatic N) is 4. The van der Waals surface area contributed by atoms with Gasteiger partial charge in [-0.25, -0.2) is 19.6 Å². The second kappa shape index (κ2) is 15.5. The van der Waals surface area contributed by atoms with Crippen LogP contribution in [0.1, 0.15) is 44.5 Å². The summed E-state index contributed by atoms with van der Waals surface area (Å²) in [5.74, 6) is -2.68. The number of aryl methyl sites for hydroxylation is 4. The number of rotatable bonds is 8. The second-order valence-corrected chi connectivity index (χ2v) is 14.2. The summed E-state index contributed by atoms with van der Waals surface area (Å²) in [7, 11) is 0. The fourth-order valence-electron chi connectivity index (χ4n) is 7.55. The molecule has 0 saturated carbocycles. The van der Waals surface area contributed by atoms with Gasteiger partial charge in [-0.05, 0) is 109 Å². The number of amides is 8. The summed E-state index contributed by atoms with van der Waals surface area (Å²) in [4.78, 5) is 99.9. The number of anilines is 4. The van der Waals surface area contributed by atoms with Gasteiger partial charge in [0.05, 0.1) is 22.7 Å². The number of carbonyl (C=O) groups is 8. The lowest BCUT2D eigenvalue weighted by molar-refractivity contribution is -0.121. The van der Waals surface area contributed by atoms with Crippen molar-refractivity contribution in [2.45, 2.75) is 40.5 Å². The molecule has 8 amide bonds. The van der Waals surface area contributed by atoms with Crippen molar-refractivity contribution in [1.82, 2.24) is 0 Å². The van der Waals surface area contributed by atoms with Gasteiger partial charge in [0.25, 0.3) is 47.3 Å². The van der Waals surface area contributed by atoms with E-state index < -0.39 is 0 Å². The summed E-state index contributed by atoms with van der Waals surface area (Å²) in [5, 5.41) is 0. The monoisotopic (exact) mass is 772 g/mol. The minimum absolute atomic E-state index is 0.328. The number of carbonyl (C=O) groups excluding carboxylic acids is 8. The summed E-state index contributed by atoms with van der Waals surface area (Å²) >= 11 is 0. The zero-order chi connectivity index (χ0) is 41.4. The lowest BCUT2D eigenvalue weighted by Gasteiger charge is -2.22. The number of imide groups is 4.